The van der Waals surface area contributed by atoms with Crippen LogP contribution in [-0.2, 0) is 6.18 Å². The van der Waals surface area contributed by atoms with Gasteiger partial charge in [-0.2, -0.15) is 18.3 Å². The van der Waals surface area contributed by atoms with Crippen molar-refractivity contribution in [3.05, 3.63) is 47.3 Å². The van der Waals surface area contributed by atoms with Crippen molar-refractivity contribution in [3.8, 4) is 5.69 Å². The Hall–Kier alpha value is -2.35. The molecule has 2 aromatic rings. The lowest BCUT2D eigenvalue weighted by Gasteiger charge is -2.14. The largest absolute Gasteiger partial charge is 0.434 e. The van der Waals surface area contributed by atoms with Gasteiger partial charge >= 0.3 is 6.18 Å². The second-order valence-electron chi connectivity index (χ2n) is 5.62. The van der Waals surface area contributed by atoms with Crippen LogP contribution < -0.4 is 11.1 Å². The van der Waals surface area contributed by atoms with Crippen molar-refractivity contribution in [2.45, 2.75) is 32.5 Å². The van der Waals surface area contributed by atoms with Crippen molar-refractivity contribution in [1.29, 1.82) is 0 Å². The van der Waals surface area contributed by atoms with Crippen LogP contribution in [0.4, 0.5) is 13.2 Å². The zero-order chi connectivity index (χ0) is 17.9. The lowest BCUT2D eigenvalue weighted by Crippen LogP contribution is -2.30. The van der Waals surface area contributed by atoms with E-state index in [1.165, 1.54) is 6.07 Å². The molecule has 1 unspecified atom stereocenters. The Labute approximate surface area is 137 Å². The van der Waals surface area contributed by atoms with Crippen molar-refractivity contribution in [3.63, 3.8) is 0 Å². The van der Waals surface area contributed by atoms with Crippen LogP contribution in [0.2, 0.25) is 0 Å². The summed E-state index contributed by atoms with van der Waals surface area (Å²) in [6.45, 7) is 3.63. The first kappa shape index (κ1) is 18.0. The van der Waals surface area contributed by atoms with Crippen molar-refractivity contribution < 1.29 is 18.0 Å². The van der Waals surface area contributed by atoms with Gasteiger partial charge in [0.25, 0.3) is 5.91 Å². The third-order valence-corrected chi connectivity index (χ3v) is 3.51. The number of rotatable bonds is 5. The number of carbonyl (C=O) groups excluding carboxylic acids is 1. The van der Waals surface area contributed by atoms with Gasteiger partial charge in [0, 0.05) is 12.6 Å². The molecule has 0 aliphatic carbocycles. The Kier molecular flexibility index (Phi) is 5.28. The molecular formula is C16H19F3N4O. The number of para-hydroxylation sites is 1. The molecule has 1 aromatic heterocycles. The summed E-state index contributed by atoms with van der Waals surface area (Å²) in [4.78, 5) is 12.1. The fourth-order valence-corrected chi connectivity index (χ4v) is 2.28. The topological polar surface area (TPSA) is 72.9 Å². The highest BCUT2D eigenvalue weighted by atomic mass is 19.4. The van der Waals surface area contributed by atoms with Gasteiger partial charge < -0.3 is 11.1 Å². The summed E-state index contributed by atoms with van der Waals surface area (Å²) in [6.07, 6.45) is -3.30. The van der Waals surface area contributed by atoms with Gasteiger partial charge in [-0.05, 0) is 31.9 Å². The quantitative estimate of drug-likeness (QED) is 0.879. The van der Waals surface area contributed by atoms with Gasteiger partial charge in [0.15, 0.2) is 5.69 Å². The van der Waals surface area contributed by atoms with Crippen LogP contribution in [-0.4, -0.2) is 28.3 Å². The predicted octanol–water partition coefficient (Wildman–Crippen LogP) is 2.67. The molecule has 5 nitrogen and oxygen atoms in total. The maximum Gasteiger partial charge on any atom is 0.434 e. The Balaban J connectivity index is 2.41. The molecule has 0 radical (unpaired) electrons. The van der Waals surface area contributed by atoms with Crippen LogP contribution in [0.5, 0.6) is 0 Å². The number of benzene rings is 1. The average molecular weight is 340 g/mol. The number of hydrogen-bond donors (Lipinski definition) is 2. The molecule has 130 valence electrons. The fraction of sp³-hybridized carbons (Fsp3) is 0.375. The lowest BCUT2D eigenvalue weighted by molar-refractivity contribution is -0.143. The Morgan fingerprint density at radius 1 is 1.38 bits per heavy atom. The molecule has 0 bridgehead atoms. The molecule has 1 heterocycles. The highest BCUT2D eigenvalue weighted by molar-refractivity contribution is 5.95. The van der Waals surface area contributed by atoms with E-state index in [1.54, 1.807) is 32.0 Å². The first-order valence-electron chi connectivity index (χ1n) is 7.46. The number of aromatic nitrogens is 2. The Bertz CT molecular complexity index is 722. The van der Waals surface area contributed by atoms with Crippen LogP contribution in [0.3, 0.4) is 0 Å². The average Bonchev–Trinajstić information content (AvgIpc) is 2.92. The first-order chi connectivity index (χ1) is 11.2. The minimum Gasteiger partial charge on any atom is -0.352 e. The summed E-state index contributed by atoms with van der Waals surface area (Å²) in [5, 5.41) is 6.24. The van der Waals surface area contributed by atoms with Crippen molar-refractivity contribution >= 4 is 5.91 Å². The van der Waals surface area contributed by atoms with E-state index in [9.17, 15) is 18.0 Å². The van der Waals surface area contributed by atoms with E-state index in [4.69, 9.17) is 5.73 Å². The molecule has 0 fully saturated rings. The number of nitrogens with two attached hydrogens (primary N) is 1. The number of nitrogens with one attached hydrogen (secondary N) is 1. The summed E-state index contributed by atoms with van der Waals surface area (Å²) in [5.41, 5.74) is 4.87. The van der Waals surface area contributed by atoms with Crippen molar-refractivity contribution in [2.75, 3.05) is 6.54 Å². The molecule has 1 atom stereocenters. The second kappa shape index (κ2) is 7.04. The summed E-state index contributed by atoms with van der Waals surface area (Å²) in [6, 6.07) is 6.39. The van der Waals surface area contributed by atoms with Crippen molar-refractivity contribution in [2.24, 2.45) is 5.73 Å². The van der Waals surface area contributed by atoms with Crippen LogP contribution >= 0.6 is 0 Å². The summed E-state index contributed by atoms with van der Waals surface area (Å²) >= 11 is 0. The Morgan fingerprint density at radius 2 is 2.04 bits per heavy atom. The minimum atomic E-state index is -4.72. The maximum absolute atomic E-state index is 13.5. The summed E-state index contributed by atoms with van der Waals surface area (Å²) in [5.74, 6) is -0.817. The molecule has 8 heteroatoms. The molecular weight excluding hydrogens is 321 g/mol. The highest BCUT2D eigenvalue weighted by Gasteiger charge is 2.40. The number of carbonyl (C=O) groups is 1. The molecule has 0 saturated heterocycles. The molecule has 1 amide bonds. The number of alkyl halides is 3. The first-order valence-corrected chi connectivity index (χ1v) is 7.46. The summed E-state index contributed by atoms with van der Waals surface area (Å²) in [7, 11) is 0. The zero-order valence-corrected chi connectivity index (χ0v) is 13.4. The number of hydrogen-bond acceptors (Lipinski definition) is 3. The lowest BCUT2D eigenvalue weighted by atomic mass is 10.1. The van der Waals surface area contributed by atoms with Gasteiger partial charge in [-0.1, -0.05) is 18.2 Å². The molecule has 0 aliphatic rings. The van der Waals surface area contributed by atoms with Gasteiger partial charge in [0.2, 0.25) is 0 Å². The van der Waals surface area contributed by atoms with Crippen LogP contribution in [0, 0.1) is 6.92 Å². The van der Waals surface area contributed by atoms with Crippen molar-refractivity contribution in [1.82, 2.24) is 15.1 Å². The molecule has 0 aliphatic heterocycles. The number of halogens is 3. The van der Waals surface area contributed by atoms with E-state index in [0.717, 1.165) is 10.9 Å². The van der Waals surface area contributed by atoms with E-state index in [-0.39, 0.29) is 18.3 Å². The van der Waals surface area contributed by atoms with Crippen LogP contribution in [0.25, 0.3) is 5.69 Å². The Morgan fingerprint density at radius 3 is 2.62 bits per heavy atom. The normalized spacial score (nSPS) is 12.9. The number of aryl methyl sites for hydroxylation is 1. The molecule has 0 saturated carbocycles. The molecule has 3 N–H and O–H groups in total. The molecule has 1 aromatic carbocycles. The third kappa shape index (κ3) is 3.94. The van der Waals surface area contributed by atoms with Crippen LogP contribution in [0.1, 0.15) is 35.0 Å². The van der Waals surface area contributed by atoms with Gasteiger partial charge in [-0.25, -0.2) is 4.68 Å². The summed E-state index contributed by atoms with van der Waals surface area (Å²) < 4.78 is 41.3. The van der Waals surface area contributed by atoms with Gasteiger partial charge in [-0.15, -0.1) is 0 Å². The smallest absolute Gasteiger partial charge is 0.352 e. The van der Waals surface area contributed by atoms with E-state index >= 15 is 0 Å². The van der Waals surface area contributed by atoms with E-state index < -0.39 is 23.3 Å². The third-order valence-electron chi connectivity index (χ3n) is 3.51. The molecule has 24 heavy (non-hydrogen) atoms. The molecule has 0 spiro atoms. The van der Waals surface area contributed by atoms with Crippen LogP contribution in [0.15, 0.2) is 30.5 Å². The van der Waals surface area contributed by atoms with Gasteiger partial charge in [0.1, 0.15) is 0 Å². The van der Waals surface area contributed by atoms with E-state index in [2.05, 4.69) is 10.4 Å². The maximum atomic E-state index is 13.5. The molecule has 2 rings (SSSR count). The minimum absolute atomic E-state index is 0.151. The van der Waals surface area contributed by atoms with Gasteiger partial charge in [-0.3, -0.25) is 4.79 Å². The number of amides is 1. The number of nitrogens with zero attached hydrogens (tertiary/aromatic N) is 2. The fourth-order valence-electron chi connectivity index (χ4n) is 2.28. The predicted molar refractivity (Wildman–Crippen MR) is 83.9 cm³/mol. The SMILES string of the molecule is Cc1ccccc1-n1ncc(C(=O)NCCC(C)N)c1C(F)(F)F. The van der Waals surface area contributed by atoms with E-state index in [0.29, 0.717) is 12.0 Å². The standard InChI is InChI=1S/C16H19F3N4O/c1-10-5-3-4-6-13(10)23-14(16(17,18)19)12(9-22-23)15(24)21-8-7-11(2)20/h3-6,9,11H,7-8,20H2,1-2H3,(H,21,24). The van der Waals surface area contributed by atoms with E-state index in [1.807, 2.05) is 0 Å². The zero-order valence-electron chi connectivity index (χ0n) is 13.4. The van der Waals surface area contributed by atoms with Gasteiger partial charge in [0.05, 0.1) is 17.4 Å². The second-order valence-corrected chi connectivity index (χ2v) is 5.62. The monoisotopic (exact) mass is 340 g/mol. The highest BCUT2D eigenvalue weighted by Crippen LogP contribution is 2.34.